The highest BCUT2D eigenvalue weighted by atomic mass is 16.5. The van der Waals surface area contributed by atoms with E-state index in [-0.39, 0.29) is 5.91 Å². The first-order chi connectivity index (χ1) is 7.22. The average Bonchev–Trinajstić information content (AvgIpc) is 2.27. The van der Waals surface area contributed by atoms with Crippen LogP contribution in [0.15, 0.2) is 42.5 Å². The molecule has 0 spiro atoms. The fraction of sp³-hybridized carbons (Fsp3) is 0.0909. The van der Waals surface area contributed by atoms with Crippen LogP contribution in [0.2, 0.25) is 0 Å². The summed E-state index contributed by atoms with van der Waals surface area (Å²) < 4.78 is 4.90. The molecule has 1 amide bonds. The van der Waals surface area contributed by atoms with Crippen LogP contribution >= 0.6 is 0 Å². The van der Waals surface area contributed by atoms with Gasteiger partial charge in [-0.3, -0.25) is 4.79 Å². The molecule has 0 atom stereocenters. The van der Waals surface area contributed by atoms with E-state index in [4.69, 9.17) is 4.74 Å². The normalized spacial score (nSPS) is 9.93. The van der Waals surface area contributed by atoms with Gasteiger partial charge in [-0.25, -0.2) is 4.79 Å². The highest BCUT2D eigenvalue weighted by Gasteiger charge is 1.99. The number of amides is 1. The first-order valence-corrected chi connectivity index (χ1v) is 4.39. The number of esters is 1. The number of benzene rings is 1. The van der Waals surface area contributed by atoms with E-state index in [1.54, 1.807) is 24.3 Å². The molecule has 1 rings (SSSR count). The molecule has 15 heavy (non-hydrogen) atoms. The Hall–Kier alpha value is -2.10. The van der Waals surface area contributed by atoms with Gasteiger partial charge in [-0.1, -0.05) is 18.2 Å². The van der Waals surface area contributed by atoms with Crippen LogP contribution in [0.5, 0.6) is 5.75 Å². The van der Waals surface area contributed by atoms with Crippen LogP contribution in [0.25, 0.3) is 0 Å². The number of rotatable bonds is 3. The van der Waals surface area contributed by atoms with Crippen LogP contribution in [0.4, 0.5) is 0 Å². The standard InChI is InChI=1S/C11H11NO3/c1-12-10(13)7-8-11(14)15-9-5-3-2-4-6-9/h2-8H,1H3,(H,12,13)/b8-7-. The molecule has 0 aliphatic rings. The maximum absolute atomic E-state index is 11.1. The summed E-state index contributed by atoms with van der Waals surface area (Å²) in [6.07, 6.45) is 2.19. The summed E-state index contributed by atoms with van der Waals surface area (Å²) in [6, 6.07) is 8.64. The van der Waals surface area contributed by atoms with Gasteiger partial charge in [-0.2, -0.15) is 0 Å². The zero-order valence-corrected chi connectivity index (χ0v) is 8.27. The van der Waals surface area contributed by atoms with E-state index in [0.717, 1.165) is 12.2 Å². The quantitative estimate of drug-likeness (QED) is 0.453. The van der Waals surface area contributed by atoms with Gasteiger partial charge in [-0.15, -0.1) is 0 Å². The lowest BCUT2D eigenvalue weighted by Crippen LogP contribution is -2.15. The van der Waals surface area contributed by atoms with Crippen LogP contribution in [0.3, 0.4) is 0 Å². The molecule has 78 valence electrons. The Kier molecular flexibility index (Phi) is 4.09. The van der Waals surface area contributed by atoms with Crippen molar-refractivity contribution in [1.82, 2.24) is 5.32 Å². The second-order valence-electron chi connectivity index (χ2n) is 2.68. The molecule has 0 saturated carbocycles. The molecule has 0 aliphatic heterocycles. The van der Waals surface area contributed by atoms with E-state index in [9.17, 15) is 9.59 Å². The summed E-state index contributed by atoms with van der Waals surface area (Å²) in [6.45, 7) is 0. The van der Waals surface area contributed by atoms with Gasteiger partial charge in [0.2, 0.25) is 5.91 Å². The van der Waals surface area contributed by atoms with Crippen molar-refractivity contribution < 1.29 is 14.3 Å². The fourth-order valence-electron chi connectivity index (χ4n) is 0.866. The van der Waals surface area contributed by atoms with Crippen molar-refractivity contribution >= 4 is 11.9 Å². The number of likely N-dealkylation sites (N-methyl/N-ethyl adjacent to an activating group) is 1. The van der Waals surface area contributed by atoms with Gasteiger partial charge in [0.05, 0.1) is 0 Å². The summed E-state index contributed by atoms with van der Waals surface area (Å²) >= 11 is 0. The van der Waals surface area contributed by atoms with Gasteiger partial charge in [0.15, 0.2) is 0 Å². The highest BCUT2D eigenvalue weighted by molar-refractivity contribution is 5.94. The SMILES string of the molecule is CNC(=O)/C=C\C(=O)Oc1ccccc1. The minimum atomic E-state index is -0.579. The van der Waals surface area contributed by atoms with Gasteiger partial charge in [0.25, 0.3) is 0 Å². The van der Waals surface area contributed by atoms with E-state index < -0.39 is 5.97 Å². The van der Waals surface area contributed by atoms with Crippen molar-refractivity contribution in [2.24, 2.45) is 0 Å². The van der Waals surface area contributed by atoms with Crippen LogP contribution < -0.4 is 10.1 Å². The third-order valence-corrected chi connectivity index (χ3v) is 1.58. The molecule has 0 bridgehead atoms. The molecule has 1 N–H and O–H groups in total. The first kappa shape index (κ1) is 11.0. The van der Waals surface area contributed by atoms with Crippen LogP contribution in [-0.2, 0) is 9.59 Å². The summed E-state index contributed by atoms with van der Waals surface area (Å²) in [7, 11) is 1.48. The largest absolute Gasteiger partial charge is 0.423 e. The topological polar surface area (TPSA) is 55.4 Å². The summed E-state index contributed by atoms with van der Waals surface area (Å²) in [5, 5.41) is 2.35. The minimum Gasteiger partial charge on any atom is -0.423 e. The molecule has 0 aliphatic carbocycles. The van der Waals surface area contributed by atoms with E-state index in [2.05, 4.69) is 5.32 Å². The Balaban J connectivity index is 2.50. The van der Waals surface area contributed by atoms with Crippen LogP contribution in [-0.4, -0.2) is 18.9 Å². The van der Waals surface area contributed by atoms with Gasteiger partial charge in [-0.05, 0) is 12.1 Å². The van der Waals surface area contributed by atoms with Crippen molar-refractivity contribution in [3.05, 3.63) is 42.5 Å². The predicted octanol–water partition coefficient (Wildman–Crippen LogP) is 0.894. The number of hydrogen-bond donors (Lipinski definition) is 1. The molecule has 0 unspecified atom stereocenters. The highest BCUT2D eigenvalue weighted by Crippen LogP contribution is 2.08. The second-order valence-corrected chi connectivity index (χ2v) is 2.68. The predicted molar refractivity (Wildman–Crippen MR) is 55.3 cm³/mol. The zero-order chi connectivity index (χ0) is 11.1. The molecule has 1 aromatic rings. The number of para-hydroxylation sites is 1. The average molecular weight is 205 g/mol. The molecule has 0 aromatic heterocycles. The molecule has 1 aromatic carbocycles. The Bertz CT molecular complexity index is 371. The summed E-state index contributed by atoms with van der Waals surface area (Å²) in [5.74, 6) is -0.478. The third kappa shape index (κ3) is 4.08. The molecular formula is C11H11NO3. The van der Waals surface area contributed by atoms with Crippen molar-refractivity contribution in [3.8, 4) is 5.75 Å². The van der Waals surface area contributed by atoms with Crippen molar-refractivity contribution in [2.45, 2.75) is 0 Å². The second kappa shape index (κ2) is 5.59. The molecule has 0 radical (unpaired) electrons. The van der Waals surface area contributed by atoms with E-state index in [1.165, 1.54) is 7.05 Å². The number of hydrogen-bond acceptors (Lipinski definition) is 3. The first-order valence-electron chi connectivity index (χ1n) is 4.39. The van der Waals surface area contributed by atoms with Crippen molar-refractivity contribution in [3.63, 3.8) is 0 Å². The Labute approximate surface area is 87.6 Å². The number of nitrogens with one attached hydrogen (secondary N) is 1. The van der Waals surface area contributed by atoms with Gasteiger partial charge in [0.1, 0.15) is 5.75 Å². The molecule has 0 fully saturated rings. The lowest BCUT2D eigenvalue weighted by Gasteiger charge is -1.99. The van der Waals surface area contributed by atoms with Crippen LogP contribution in [0.1, 0.15) is 0 Å². The Morgan fingerprint density at radius 3 is 2.47 bits per heavy atom. The molecule has 4 nitrogen and oxygen atoms in total. The Morgan fingerprint density at radius 1 is 1.20 bits per heavy atom. The third-order valence-electron chi connectivity index (χ3n) is 1.58. The van der Waals surface area contributed by atoms with E-state index in [1.807, 2.05) is 6.07 Å². The lowest BCUT2D eigenvalue weighted by atomic mass is 10.3. The summed E-state index contributed by atoms with van der Waals surface area (Å²) in [4.78, 5) is 21.9. The van der Waals surface area contributed by atoms with E-state index in [0.29, 0.717) is 5.75 Å². The molecule has 0 heterocycles. The molecular weight excluding hydrogens is 194 g/mol. The maximum Gasteiger partial charge on any atom is 0.336 e. The summed E-state index contributed by atoms with van der Waals surface area (Å²) in [5.41, 5.74) is 0. The minimum absolute atomic E-state index is 0.347. The van der Waals surface area contributed by atoms with Crippen molar-refractivity contribution in [2.75, 3.05) is 7.05 Å². The zero-order valence-electron chi connectivity index (χ0n) is 8.27. The maximum atomic E-state index is 11.1. The lowest BCUT2D eigenvalue weighted by molar-refractivity contribution is -0.129. The van der Waals surface area contributed by atoms with Crippen molar-refractivity contribution in [1.29, 1.82) is 0 Å². The van der Waals surface area contributed by atoms with E-state index >= 15 is 0 Å². The van der Waals surface area contributed by atoms with Gasteiger partial charge >= 0.3 is 5.97 Å². The Morgan fingerprint density at radius 2 is 1.87 bits per heavy atom. The van der Waals surface area contributed by atoms with Crippen LogP contribution in [0, 0.1) is 0 Å². The smallest absolute Gasteiger partial charge is 0.336 e. The molecule has 0 saturated heterocycles. The monoisotopic (exact) mass is 205 g/mol. The number of carbonyl (C=O) groups is 2. The van der Waals surface area contributed by atoms with Gasteiger partial charge in [0, 0.05) is 19.2 Å². The van der Waals surface area contributed by atoms with Gasteiger partial charge < -0.3 is 10.1 Å². The number of ether oxygens (including phenoxy) is 1. The number of carbonyl (C=O) groups excluding carboxylic acids is 2. The fourth-order valence-corrected chi connectivity index (χ4v) is 0.866. The molecule has 4 heteroatoms.